The van der Waals surface area contributed by atoms with Gasteiger partial charge >= 0.3 is 0 Å². The molecule has 0 atom stereocenters. The second-order valence-corrected chi connectivity index (χ2v) is 9.41. The van der Waals surface area contributed by atoms with Crippen LogP contribution in [0.15, 0.2) is 75.2 Å². The Labute approximate surface area is 205 Å². The Balaban J connectivity index is 1.35. The molecule has 0 radical (unpaired) electrons. The van der Waals surface area contributed by atoms with E-state index in [4.69, 9.17) is 9.40 Å². The third-order valence-electron chi connectivity index (χ3n) is 6.17. The van der Waals surface area contributed by atoms with Crippen molar-refractivity contribution in [1.29, 1.82) is 0 Å². The van der Waals surface area contributed by atoms with Gasteiger partial charge < -0.3 is 8.98 Å². The van der Waals surface area contributed by atoms with Crippen LogP contribution in [0.3, 0.4) is 0 Å². The number of oxazole rings is 1. The minimum absolute atomic E-state index is 0.127. The van der Waals surface area contributed by atoms with Gasteiger partial charge in [-0.25, -0.2) is 14.4 Å². The van der Waals surface area contributed by atoms with E-state index in [0.717, 1.165) is 54.3 Å². The molecule has 9 heteroatoms. The maximum absolute atomic E-state index is 13.4. The van der Waals surface area contributed by atoms with Crippen molar-refractivity contribution in [3.05, 3.63) is 88.5 Å². The van der Waals surface area contributed by atoms with Gasteiger partial charge in [-0.3, -0.25) is 4.79 Å². The molecule has 2 aromatic carbocycles. The van der Waals surface area contributed by atoms with Crippen LogP contribution >= 0.6 is 11.8 Å². The molecular formula is C26H22FN5O2S. The lowest BCUT2D eigenvalue weighted by atomic mass is 10.1. The molecule has 0 N–H and O–H groups in total. The Kier molecular flexibility index (Phi) is 5.69. The van der Waals surface area contributed by atoms with Gasteiger partial charge in [0.25, 0.3) is 5.56 Å². The van der Waals surface area contributed by atoms with Crippen LogP contribution in [0.25, 0.3) is 28.4 Å². The van der Waals surface area contributed by atoms with Crippen LogP contribution in [0.1, 0.15) is 30.8 Å². The van der Waals surface area contributed by atoms with Crippen molar-refractivity contribution in [2.45, 2.75) is 43.1 Å². The van der Waals surface area contributed by atoms with Gasteiger partial charge in [-0.2, -0.15) is 4.68 Å². The Morgan fingerprint density at radius 2 is 1.86 bits per heavy atom. The van der Waals surface area contributed by atoms with E-state index < -0.39 is 0 Å². The summed E-state index contributed by atoms with van der Waals surface area (Å²) in [5.74, 6) is 1.79. The maximum Gasteiger partial charge on any atom is 0.284 e. The van der Waals surface area contributed by atoms with Gasteiger partial charge in [-0.05, 0) is 55.7 Å². The summed E-state index contributed by atoms with van der Waals surface area (Å²) >= 11 is 1.52. The minimum Gasteiger partial charge on any atom is -0.440 e. The van der Waals surface area contributed by atoms with E-state index in [0.29, 0.717) is 28.8 Å². The molecule has 0 spiro atoms. The molecule has 0 bridgehead atoms. The maximum atomic E-state index is 13.4. The molecule has 0 unspecified atom stereocenters. The molecule has 0 saturated heterocycles. The van der Waals surface area contributed by atoms with E-state index in [2.05, 4.69) is 14.6 Å². The van der Waals surface area contributed by atoms with Crippen LogP contribution < -0.4 is 5.56 Å². The Morgan fingerprint density at radius 1 is 1.03 bits per heavy atom. The fourth-order valence-corrected chi connectivity index (χ4v) is 5.35. The van der Waals surface area contributed by atoms with E-state index >= 15 is 0 Å². The summed E-state index contributed by atoms with van der Waals surface area (Å²) in [5.41, 5.74) is 2.98. The van der Waals surface area contributed by atoms with Crippen molar-refractivity contribution in [1.82, 2.24) is 24.3 Å². The molecule has 0 fully saturated rings. The lowest BCUT2D eigenvalue weighted by Gasteiger charge is -2.17. The average molecular weight is 488 g/mol. The molecule has 7 nitrogen and oxygen atoms in total. The summed E-state index contributed by atoms with van der Waals surface area (Å²) < 4.78 is 22.8. The fraction of sp³-hybridized carbons (Fsp3) is 0.231. The van der Waals surface area contributed by atoms with Gasteiger partial charge in [0, 0.05) is 17.8 Å². The zero-order valence-corrected chi connectivity index (χ0v) is 19.7. The van der Waals surface area contributed by atoms with Crippen molar-refractivity contribution >= 4 is 11.8 Å². The predicted octanol–water partition coefficient (Wildman–Crippen LogP) is 5.35. The van der Waals surface area contributed by atoms with E-state index in [1.165, 1.54) is 28.6 Å². The highest BCUT2D eigenvalue weighted by Gasteiger charge is 2.27. The highest BCUT2D eigenvalue weighted by molar-refractivity contribution is 7.98. The zero-order valence-electron chi connectivity index (χ0n) is 18.9. The molecule has 35 heavy (non-hydrogen) atoms. The number of benzene rings is 2. The topological polar surface area (TPSA) is 78.7 Å². The minimum atomic E-state index is -0.292. The van der Waals surface area contributed by atoms with Crippen molar-refractivity contribution in [2.75, 3.05) is 0 Å². The van der Waals surface area contributed by atoms with Gasteiger partial charge in [0.15, 0.2) is 16.7 Å². The van der Waals surface area contributed by atoms with Gasteiger partial charge in [-0.15, -0.1) is 5.10 Å². The highest BCUT2D eigenvalue weighted by atomic mass is 32.2. The SMILES string of the molecule is O=c1c2c3n(c(SCc4ncc(-c5ccc(F)cc5)o4)nc-2nn1-c1ccccc1)CCCCC3. The molecular weight excluding hydrogens is 465 g/mol. The number of thioether (sulfide) groups is 1. The summed E-state index contributed by atoms with van der Waals surface area (Å²) in [4.78, 5) is 22.6. The normalized spacial score (nSPS) is 13.6. The molecule has 0 saturated carbocycles. The quantitative estimate of drug-likeness (QED) is 0.246. The largest absolute Gasteiger partial charge is 0.440 e. The van der Waals surface area contributed by atoms with Crippen LogP contribution in [0.2, 0.25) is 0 Å². The van der Waals surface area contributed by atoms with Gasteiger partial charge in [0.05, 0.1) is 17.6 Å². The third kappa shape index (κ3) is 4.16. The number of nitrogens with zero attached hydrogens (tertiary/aromatic N) is 5. The van der Waals surface area contributed by atoms with E-state index in [1.54, 1.807) is 18.3 Å². The van der Waals surface area contributed by atoms with Crippen LogP contribution in [-0.2, 0) is 18.7 Å². The summed E-state index contributed by atoms with van der Waals surface area (Å²) in [7, 11) is 0. The summed E-state index contributed by atoms with van der Waals surface area (Å²) in [6, 6.07) is 15.6. The van der Waals surface area contributed by atoms with Crippen molar-refractivity contribution < 1.29 is 8.81 Å². The number of fused-ring (bicyclic) bond motifs is 3. The van der Waals surface area contributed by atoms with Crippen molar-refractivity contribution in [2.24, 2.45) is 0 Å². The van der Waals surface area contributed by atoms with Gasteiger partial charge in [0.1, 0.15) is 11.4 Å². The number of para-hydroxylation sites is 1. The average Bonchev–Trinajstić information content (AvgIpc) is 3.40. The van der Waals surface area contributed by atoms with Crippen LogP contribution in [0.4, 0.5) is 4.39 Å². The van der Waals surface area contributed by atoms with E-state index in [1.807, 2.05) is 30.3 Å². The van der Waals surface area contributed by atoms with Gasteiger partial charge in [-0.1, -0.05) is 36.4 Å². The van der Waals surface area contributed by atoms with E-state index in [-0.39, 0.29) is 11.4 Å². The number of hydrogen-bond acceptors (Lipinski definition) is 6. The molecule has 176 valence electrons. The fourth-order valence-electron chi connectivity index (χ4n) is 4.46. The molecule has 6 rings (SSSR count). The first-order valence-corrected chi connectivity index (χ1v) is 12.6. The first kappa shape index (κ1) is 21.8. The highest BCUT2D eigenvalue weighted by Crippen LogP contribution is 2.32. The third-order valence-corrected chi connectivity index (χ3v) is 7.14. The number of halogens is 1. The summed E-state index contributed by atoms with van der Waals surface area (Å²) in [5, 5.41) is 5.38. The molecule has 3 aromatic rings. The number of aromatic nitrogens is 5. The second-order valence-electron chi connectivity index (χ2n) is 8.47. The molecule has 0 aliphatic carbocycles. The first-order valence-electron chi connectivity index (χ1n) is 11.6. The number of hydrogen-bond donors (Lipinski definition) is 0. The summed E-state index contributed by atoms with van der Waals surface area (Å²) in [6.07, 6.45) is 5.64. The lowest BCUT2D eigenvalue weighted by molar-refractivity contribution is 0.528. The molecule has 3 aliphatic rings. The lowest BCUT2D eigenvalue weighted by Crippen LogP contribution is -2.19. The van der Waals surface area contributed by atoms with Gasteiger partial charge in [0.2, 0.25) is 5.89 Å². The van der Waals surface area contributed by atoms with E-state index in [9.17, 15) is 9.18 Å². The number of rotatable bonds is 5. The Bertz CT molecular complexity index is 1510. The predicted molar refractivity (Wildman–Crippen MR) is 131 cm³/mol. The first-order chi connectivity index (χ1) is 17.2. The second kappa shape index (κ2) is 9.14. The molecule has 3 aliphatic heterocycles. The van der Waals surface area contributed by atoms with Crippen molar-refractivity contribution in [3.63, 3.8) is 0 Å². The zero-order chi connectivity index (χ0) is 23.8. The van der Waals surface area contributed by atoms with Crippen LogP contribution in [0, 0.1) is 5.82 Å². The summed E-state index contributed by atoms with van der Waals surface area (Å²) in [6.45, 7) is 0.809. The molecule has 0 amide bonds. The Hall–Kier alpha value is -3.72. The standard InChI is InChI=1S/C26H22FN5O2S/c27-18-12-10-17(11-13-18)21-15-28-22(34-21)16-35-26-29-24-23(20-9-5-2-6-14-31(20)26)25(33)32(30-24)19-7-3-1-4-8-19/h1,3-4,7-8,10-13,15H,2,5-6,9,14,16H2. The van der Waals surface area contributed by atoms with Crippen LogP contribution in [0.5, 0.6) is 0 Å². The monoisotopic (exact) mass is 487 g/mol. The Morgan fingerprint density at radius 3 is 2.69 bits per heavy atom. The molecule has 4 heterocycles. The molecule has 1 aromatic heterocycles. The van der Waals surface area contributed by atoms with Crippen molar-refractivity contribution in [3.8, 4) is 28.4 Å². The van der Waals surface area contributed by atoms with Crippen LogP contribution in [-0.4, -0.2) is 24.3 Å². The smallest absolute Gasteiger partial charge is 0.284 e.